The average Bonchev–Trinajstić information content (AvgIpc) is 3.29. The van der Waals surface area contributed by atoms with Gasteiger partial charge in [0.2, 0.25) is 0 Å². The number of likely N-dealkylation sites (tertiary alicyclic amines) is 1. The molecule has 2 aliphatic carbocycles. The SMILES string of the molecule is O=C(OCC(=O)N1CCCC1c1cccs1)C1CC2CCCC(C1)C2=O. The Morgan fingerprint density at radius 2 is 1.92 bits per heavy atom. The predicted octanol–water partition coefficient (Wildman–Crippen LogP) is 3.35. The van der Waals surface area contributed by atoms with Gasteiger partial charge in [0, 0.05) is 23.3 Å². The molecule has 1 aromatic heterocycles. The molecule has 1 aliphatic heterocycles. The Balaban J connectivity index is 1.31. The Hall–Kier alpha value is -1.69. The largest absolute Gasteiger partial charge is 0.455 e. The number of amides is 1. The summed E-state index contributed by atoms with van der Waals surface area (Å²) in [7, 11) is 0. The molecule has 3 atom stereocenters. The van der Waals surface area contributed by atoms with E-state index in [1.807, 2.05) is 16.3 Å². The second-order valence-electron chi connectivity index (χ2n) is 7.76. The molecule has 5 nitrogen and oxygen atoms in total. The summed E-state index contributed by atoms with van der Waals surface area (Å²) in [5.41, 5.74) is 0. The van der Waals surface area contributed by atoms with E-state index in [9.17, 15) is 14.4 Å². The van der Waals surface area contributed by atoms with E-state index in [-0.39, 0.29) is 42.3 Å². The molecule has 2 saturated carbocycles. The fourth-order valence-corrected chi connectivity index (χ4v) is 5.72. The number of Topliss-reactive ketones (excluding diaryl/α,β-unsaturated/α-hetero) is 1. The van der Waals surface area contributed by atoms with E-state index in [4.69, 9.17) is 4.74 Å². The van der Waals surface area contributed by atoms with E-state index >= 15 is 0 Å². The van der Waals surface area contributed by atoms with Gasteiger partial charge in [-0.15, -0.1) is 11.3 Å². The maximum Gasteiger partial charge on any atom is 0.309 e. The minimum absolute atomic E-state index is 0.0255. The van der Waals surface area contributed by atoms with Crippen molar-refractivity contribution in [1.29, 1.82) is 0 Å². The van der Waals surface area contributed by atoms with Crippen LogP contribution in [0.3, 0.4) is 0 Å². The first-order chi connectivity index (χ1) is 12.6. The zero-order valence-corrected chi connectivity index (χ0v) is 15.7. The molecule has 2 bridgehead atoms. The Labute approximate surface area is 157 Å². The third-order valence-corrected chi connectivity index (χ3v) is 7.14. The Morgan fingerprint density at radius 1 is 1.15 bits per heavy atom. The van der Waals surface area contributed by atoms with Crippen molar-refractivity contribution in [3.63, 3.8) is 0 Å². The topological polar surface area (TPSA) is 63.7 Å². The van der Waals surface area contributed by atoms with Gasteiger partial charge in [-0.25, -0.2) is 0 Å². The van der Waals surface area contributed by atoms with Crippen molar-refractivity contribution in [2.75, 3.05) is 13.2 Å². The quantitative estimate of drug-likeness (QED) is 0.757. The fraction of sp³-hybridized carbons (Fsp3) is 0.650. The number of thiophene rings is 1. The normalized spacial score (nSPS) is 31.1. The van der Waals surface area contributed by atoms with Gasteiger partial charge in [0.15, 0.2) is 6.61 Å². The van der Waals surface area contributed by atoms with Crippen LogP contribution in [-0.2, 0) is 19.1 Å². The van der Waals surface area contributed by atoms with Crippen molar-refractivity contribution < 1.29 is 19.1 Å². The van der Waals surface area contributed by atoms with Crippen molar-refractivity contribution in [3.8, 4) is 0 Å². The van der Waals surface area contributed by atoms with E-state index in [0.717, 1.165) is 38.6 Å². The summed E-state index contributed by atoms with van der Waals surface area (Å²) in [6.45, 7) is 0.543. The third-order valence-electron chi connectivity index (χ3n) is 6.16. The van der Waals surface area contributed by atoms with Crippen molar-refractivity contribution >= 4 is 29.0 Å². The van der Waals surface area contributed by atoms with E-state index in [0.29, 0.717) is 18.6 Å². The number of rotatable bonds is 4. The van der Waals surface area contributed by atoms with Crippen LogP contribution in [0, 0.1) is 17.8 Å². The number of hydrogen-bond acceptors (Lipinski definition) is 5. The van der Waals surface area contributed by atoms with Crippen molar-refractivity contribution in [3.05, 3.63) is 22.4 Å². The van der Waals surface area contributed by atoms with Gasteiger partial charge in [-0.3, -0.25) is 14.4 Å². The van der Waals surface area contributed by atoms with Crippen LogP contribution in [0.15, 0.2) is 17.5 Å². The predicted molar refractivity (Wildman–Crippen MR) is 97.5 cm³/mol. The maximum atomic E-state index is 12.6. The molecule has 140 valence electrons. The molecule has 0 spiro atoms. The van der Waals surface area contributed by atoms with Gasteiger partial charge < -0.3 is 9.64 Å². The summed E-state index contributed by atoms with van der Waals surface area (Å²) < 4.78 is 5.38. The van der Waals surface area contributed by atoms with Crippen LogP contribution in [-0.4, -0.2) is 35.7 Å². The number of carbonyl (C=O) groups is 3. The molecule has 1 amide bonds. The lowest BCUT2D eigenvalue weighted by molar-refractivity contribution is -0.159. The fourth-order valence-electron chi connectivity index (χ4n) is 4.85. The van der Waals surface area contributed by atoms with Gasteiger partial charge in [0.05, 0.1) is 12.0 Å². The molecule has 3 unspecified atom stereocenters. The first kappa shape index (κ1) is 17.7. The summed E-state index contributed by atoms with van der Waals surface area (Å²) >= 11 is 1.66. The average molecular weight is 375 g/mol. The van der Waals surface area contributed by atoms with Gasteiger partial charge in [0.1, 0.15) is 5.78 Å². The van der Waals surface area contributed by atoms with Crippen LogP contribution >= 0.6 is 11.3 Å². The molecule has 2 heterocycles. The second kappa shape index (κ2) is 7.51. The van der Waals surface area contributed by atoms with Gasteiger partial charge >= 0.3 is 5.97 Å². The molecule has 0 aromatic carbocycles. The highest BCUT2D eigenvalue weighted by Crippen LogP contribution is 2.40. The molecule has 1 saturated heterocycles. The number of esters is 1. The number of hydrogen-bond donors (Lipinski definition) is 0. The lowest BCUT2D eigenvalue weighted by Crippen LogP contribution is -2.40. The van der Waals surface area contributed by atoms with Crippen LogP contribution < -0.4 is 0 Å². The summed E-state index contributed by atoms with van der Waals surface area (Å²) in [6, 6.07) is 4.18. The monoisotopic (exact) mass is 375 g/mol. The first-order valence-electron chi connectivity index (χ1n) is 9.66. The number of fused-ring (bicyclic) bond motifs is 2. The van der Waals surface area contributed by atoms with Crippen LogP contribution in [0.25, 0.3) is 0 Å². The van der Waals surface area contributed by atoms with Crippen molar-refractivity contribution in [2.45, 2.75) is 51.0 Å². The molecule has 3 aliphatic rings. The molecule has 26 heavy (non-hydrogen) atoms. The third kappa shape index (κ3) is 3.43. The molecular weight excluding hydrogens is 350 g/mol. The minimum Gasteiger partial charge on any atom is -0.455 e. The second-order valence-corrected chi connectivity index (χ2v) is 8.74. The maximum absolute atomic E-state index is 12.6. The van der Waals surface area contributed by atoms with Crippen LogP contribution in [0.5, 0.6) is 0 Å². The Morgan fingerprint density at radius 3 is 2.62 bits per heavy atom. The molecule has 6 heteroatoms. The highest BCUT2D eigenvalue weighted by Gasteiger charge is 2.42. The lowest BCUT2D eigenvalue weighted by atomic mass is 9.67. The minimum atomic E-state index is -0.297. The molecular formula is C20H25NO4S. The highest BCUT2D eigenvalue weighted by atomic mass is 32.1. The van der Waals surface area contributed by atoms with E-state index in [1.54, 1.807) is 11.3 Å². The van der Waals surface area contributed by atoms with Gasteiger partial charge in [-0.2, -0.15) is 0 Å². The number of ketones is 1. The van der Waals surface area contributed by atoms with E-state index < -0.39 is 0 Å². The van der Waals surface area contributed by atoms with Gasteiger partial charge in [-0.05, 0) is 50.0 Å². The summed E-state index contributed by atoms with van der Waals surface area (Å²) in [4.78, 5) is 40.2. The Bertz CT molecular complexity index is 670. The van der Waals surface area contributed by atoms with E-state index in [1.165, 1.54) is 4.88 Å². The Kier molecular flexibility index (Phi) is 5.11. The summed E-state index contributed by atoms with van der Waals surface area (Å²) in [6.07, 6.45) is 6.03. The zero-order valence-electron chi connectivity index (χ0n) is 14.9. The first-order valence-corrected chi connectivity index (χ1v) is 10.5. The molecule has 0 radical (unpaired) electrons. The molecule has 4 rings (SSSR count). The van der Waals surface area contributed by atoms with Crippen molar-refractivity contribution in [2.24, 2.45) is 17.8 Å². The smallest absolute Gasteiger partial charge is 0.309 e. The lowest BCUT2D eigenvalue weighted by Gasteiger charge is -2.36. The van der Waals surface area contributed by atoms with Gasteiger partial charge in [0.25, 0.3) is 5.91 Å². The number of ether oxygens (including phenoxy) is 1. The number of carbonyl (C=O) groups excluding carboxylic acids is 3. The van der Waals surface area contributed by atoms with Crippen LogP contribution in [0.1, 0.15) is 55.9 Å². The van der Waals surface area contributed by atoms with Crippen LogP contribution in [0.2, 0.25) is 0 Å². The van der Waals surface area contributed by atoms with E-state index in [2.05, 4.69) is 6.07 Å². The standard InChI is InChI=1S/C20H25NO4S/c22-18(21-8-2-6-16(21)17-7-3-9-26-17)12-25-20(24)15-10-13-4-1-5-14(11-15)19(13)23/h3,7,9,13-16H,1-2,4-6,8,10-12H2. The summed E-state index contributed by atoms with van der Waals surface area (Å²) in [5, 5.41) is 2.03. The van der Waals surface area contributed by atoms with Gasteiger partial charge in [-0.1, -0.05) is 12.5 Å². The highest BCUT2D eigenvalue weighted by molar-refractivity contribution is 7.10. The molecule has 1 aromatic rings. The van der Waals surface area contributed by atoms with Crippen LogP contribution in [0.4, 0.5) is 0 Å². The van der Waals surface area contributed by atoms with Crippen molar-refractivity contribution in [1.82, 2.24) is 4.90 Å². The molecule has 3 fully saturated rings. The number of nitrogens with zero attached hydrogens (tertiary/aromatic N) is 1. The molecule has 0 N–H and O–H groups in total. The summed E-state index contributed by atoms with van der Waals surface area (Å²) in [5.74, 6) is -0.235. The zero-order chi connectivity index (χ0) is 18.1.